The molecule has 10 amide bonds. The number of hydrogen-bond acceptors (Lipinski definition) is 14. The summed E-state index contributed by atoms with van der Waals surface area (Å²) in [6.07, 6.45) is -1.69. The van der Waals surface area contributed by atoms with E-state index in [2.05, 4.69) is 68.6 Å². The average molecular weight is 1250 g/mol. The Labute approximate surface area is 517 Å². The maximum Gasteiger partial charge on any atom is 0.317 e. The molecule has 7 atom stereocenters. The lowest BCUT2D eigenvalue weighted by Gasteiger charge is -2.28. The number of aliphatic carboxylic acids is 2. The quantitative estimate of drug-likeness (QED) is 0.0369. The molecule has 0 aliphatic heterocycles. The van der Waals surface area contributed by atoms with Gasteiger partial charge in [0.25, 0.3) is 5.91 Å². The number of phenols is 1. The number of nitrogens with one attached hydrogen (secondary N) is 9. The molecule has 0 unspecified atom stereocenters. The Morgan fingerprint density at radius 1 is 0.545 bits per heavy atom. The molecule has 0 radical (unpaired) electrons. The SMILES string of the molecule is CC(C)C[C@H](NC(=O)[C@@H](NC(=O)CNC(=O)c1ccccc1)C(C)C)C(=O)N[C@@H](CCCCNC(=O)C[C@@H](SCc1ccc(C(C)(C)C)cc1)C(=O)O)C(=O)N[C@@H](CCC(=O)O)C(=O)N[C@@H](Cc1ccc(O)cc1)C(=O)NCC(=O)N[C@H](C(N)=O)C(C)C. The Morgan fingerprint density at radius 3 is 1.60 bits per heavy atom. The molecular formula is C62H88N10O15S. The standard InChI is InChI=1S/C62H88N10O15S/c1-35(2)29-45(70-60(85)53(37(5)6)72-50(76)32-65-55(80)40-15-11-10-12-16-40)59(84)67-43(17-13-14-28-64-48(74)31-47(61(86)87)88-34-39-18-22-41(23-19-39)62(7,8)9)57(82)68-44(26-27-51(77)78)58(83)69-46(30-38-20-24-42(73)25-21-38)56(81)66-33-49(75)71-52(36(3)4)54(63)79/h10-12,15-16,18-25,35-37,43-47,52-53,73H,13-14,17,26-34H2,1-9H3,(H2,63,79)(H,64,74)(H,65,80)(H,66,81)(H,67,84)(H,68,82)(H,69,83)(H,70,85)(H,71,75)(H,72,76)(H,77,78)(H,86,87)/t43-,44-,45-,46-,47+,52-,53-/m0/s1. The molecule has 0 aliphatic rings. The summed E-state index contributed by atoms with van der Waals surface area (Å²) in [6.45, 7) is 15.2. The molecule has 88 heavy (non-hydrogen) atoms. The fraction of sp³-hybridized carbons (Fsp3) is 0.516. The lowest BCUT2D eigenvalue weighted by atomic mass is 9.87. The molecule has 0 bridgehead atoms. The number of thioether (sulfide) groups is 1. The third-order valence-electron chi connectivity index (χ3n) is 13.8. The predicted molar refractivity (Wildman–Crippen MR) is 330 cm³/mol. The van der Waals surface area contributed by atoms with Crippen molar-refractivity contribution < 1.29 is 72.9 Å². The number of hydrogen-bond donors (Lipinski definition) is 13. The van der Waals surface area contributed by atoms with Crippen LogP contribution in [0, 0.1) is 17.8 Å². The zero-order valence-corrected chi connectivity index (χ0v) is 52.3. The van der Waals surface area contributed by atoms with Crippen LogP contribution in [-0.2, 0) is 70.3 Å². The van der Waals surface area contributed by atoms with E-state index in [0.29, 0.717) is 16.9 Å². The largest absolute Gasteiger partial charge is 0.508 e. The topological polar surface area (TPSA) is 400 Å². The van der Waals surface area contributed by atoms with Crippen molar-refractivity contribution in [2.45, 2.75) is 166 Å². The lowest BCUT2D eigenvalue weighted by molar-refractivity contribution is -0.139. The van der Waals surface area contributed by atoms with E-state index in [9.17, 15) is 72.9 Å². The second-order valence-electron chi connectivity index (χ2n) is 23.6. The van der Waals surface area contributed by atoms with Crippen LogP contribution in [0.15, 0.2) is 78.9 Å². The first kappa shape index (κ1) is 73.7. The zero-order chi connectivity index (χ0) is 65.8. The number of nitrogens with two attached hydrogens (primary N) is 1. The molecular weight excluding hydrogens is 1160 g/mol. The van der Waals surface area contributed by atoms with Gasteiger partial charge in [-0.15, -0.1) is 11.8 Å². The van der Waals surface area contributed by atoms with Gasteiger partial charge in [-0.2, -0.15) is 0 Å². The Kier molecular flexibility index (Phi) is 30.6. The van der Waals surface area contributed by atoms with Gasteiger partial charge in [0.2, 0.25) is 53.2 Å². The molecule has 25 nitrogen and oxygen atoms in total. The van der Waals surface area contributed by atoms with Crippen molar-refractivity contribution in [2.24, 2.45) is 23.5 Å². The van der Waals surface area contributed by atoms with Crippen LogP contribution < -0.4 is 53.6 Å². The highest BCUT2D eigenvalue weighted by molar-refractivity contribution is 7.99. The third-order valence-corrected chi connectivity index (χ3v) is 15.1. The summed E-state index contributed by atoms with van der Waals surface area (Å²) < 4.78 is 0. The molecule has 26 heteroatoms. The number of amides is 10. The number of carbonyl (C=O) groups excluding carboxylic acids is 10. The summed E-state index contributed by atoms with van der Waals surface area (Å²) in [5, 5.41) is 51.7. The van der Waals surface area contributed by atoms with E-state index >= 15 is 0 Å². The van der Waals surface area contributed by atoms with Crippen LogP contribution >= 0.6 is 11.8 Å². The van der Waals surface area contributed by atoms with Gasteiger partial charge in [-0.05, 0) is 96.2 Å². The van der Waals surface area contributed by atoms with Gasteiger partial charge in [0.15, 0.2) is 0 Å². The van der Waals surface area contributed by atoms with E-state index in [1.807, 2.05) is 24.3 Å². The number of phenolic OH excluding ortho intramolecular Hbond substituents is 1. The van der Waals surface area contributed by atoms with Crippen LogP contribution in [0.2, 0.25) is 0 Å². The summed E-state index contributed by atoms with van der Waals surface area (Å²) in [5.74, 6) is -11.5. The minimum atomic E-state index is -1.69. The molecule has 3 aromatic carbocycles. The van der Waals surface area contributed by atoms with Crippen LogP contribution in [0.25, 0.3) is 0 Å². The molecule has 3 aromatic rings. The van der Waals surface area contributed by atoms with Gasteiger partial charge >= 0.3 is 11.9 Å². The molecule has 0 fully saturated rings. The Hall–Kier alpha value is -8.55. The second-order valence-corrected chi connectivity index (χ2v) is 24.8. The second kappa shape index (κ2) is 36.6. The van der Waals surface area contributed by atoms with E-state index in [-0.39, 0.29) is 62.2 Å². The van der Waals surface area contributed by atoms with E-state index < -0.39 is 150 Å². The number of carbonyl (C=O) groups is 12. The van der Waals surface area contributed by atoms with Crippen molar-refractivity contribution in [3.63, 3.8) is 0 Å². The molecule has 0 aromatic heterocycles. The Bertz CT molecular complexity index is 2870. The highest BCUT2D eigenvalue weighted by Crippen LogP contribution is 2.26. The smallest absolute Gasteiger partial charge is 0.317 e. The van der Waals surface area contributed by atoms with Gasteiger partial charge in [0, 0.05) is 37.1 Å². The summed E-state index contributed by atoms with van der Waals surface area (Å²) >= 11 is 1.10. The highest BCUT2D eigenvalue weighted by atomic mass is 32.2. The van der Waals surface area contributed by atoms with Crippen LogP contribution in [0.3, 0.4) is 0 Å². The van der Waals surface area contributed by atoms with E-state index in [1.54, 1.807) is 71.9 Å². The van der Waals surface area contributed by atoms with Crippen LogP contribution in [-0.4, -0.2) is 147 Å². The molecule has 0 saturated carbocycles. The highest BCUT2D eigenvalue weighted by Gasteiger charge is 2.35. The summed E-state index contributed by atoms with van der Waals surface area (Å²) in [7, 11) is 0. The van der Waals surface area contributed by atoms with Crippen molar-refractivity contribution >= 4 is 82.8 Å². The van der Waals surface area contributed by atoms with Crippen molar-refractivity contribution in [1.82, 2.24) is 47.9 Å². The first-order valence-corrected chi connectivity index (χ1v) is 30.3. The maximum absolute atomic E-state index is 14.6. The number of rotatable bonds is 37. The number of unbranched alkanes of at least 4 members (excludes halogenated alkanes) is 1. The van der Waals surface area contributed by atoms with Gasteiger partial charge in [-0.25, -0.2) is 0 Å². The van der Waals surface area contributed by atoms with Gasteiger partial charge in [-0.3, -0.25) is 57.5 Å². The summed E-state index contributed by atoms with van der Waals surface area (Å²) in [5.41, 5.74) is 8.07. The number of carboxylic acid groups (broad SMARTS) is 2. The van der Waals surface area contributed by atoms with Gasteiger partial charge < -0.3 is 68.9 Å². The Balaban J connectivity index is 1.90. The minimum absolute atomic E-state index is 0.00983. The number of primary amides is 1. The van der Waals surface area contributed by atoms with E-state index in [4.69, 9.17) is 5.73 Å². The van der Waals surface area contributed by atoms with Gasteiger partial charge in [0.05, 0.1) is 13.1 Å². The van der Waals surface area contributed by atoms with Crippen molar-refractivity contribution in [1.29, 1.82) is 0 Å². The number of aromatic hydroxyl groups is 1. The lowest BCUT2D eigenvalue weighted by Crippen LogP contribution is -2.60. The Morgan fingerprint density at radius 2 is 1.07 bits per heavy atom. The monoisotopic (exact) mass is 1240 g/mol. The predicted octanol–water partition coefficient (Wildman–Crippen LogP) is 2.46. The van der Waals surface area contributed by atoms with Crippen molar-refractivity contribution in [2.75, 3.05) is 19.6 Å². The van der Waals surface area contributed by atoms with Crippen molar-refractivity contribution in [3.05, 3.63) is 101 Å². The maximum atomic E-state index is 14.6. The van der Waals surface area contributed by atoms with Gasteiger partial charge in [-0.1, -0.05) is 117 Å². The fourth-order valence-electron chi connectivity index (χ4n) is 8.81. The molecule has 0 saturated heterocycles. The average Bonchev–Trinajstić information content (AvgIpc) is 3.54. The van der Waals surface area contributed by atoms with Crippen molar-refractivity contribution in [3.8, 4) is 5.75 Å². The molecule has 14 N–H and O–H groups in total. The van der Waals surface area contributed by atoms with Crippen LogP contribution in [0.5, 0.6) is 5.75 Å². The third kappa shape index (κ3) is 27.0. The van der Waals surface area contributed by atoms with Crippen LogP contribution in [0.4, 0.5) is 0 Å². The van der Waals surface area contributed by atoms with Crippen LogP contribution in [0.1, 0.15) is 134 Å². The normalized spacial score (nSPS) is 13.7. The molecule has 482 valence electrons. The molecule has 0 spiro atoms. The number of benzene rings is 3. The first-order valence-electron chi connectivity index (χ1n) is 29.3. The summed E-state index contributed by atoms with van der Waals surface area (Å²) in [6, 6.07) is 13.2. The van der Waals surface area contributed by atoms with E-state index in [0.717, 1.165) is 22.9 Å². The minimum Gasteiger partial charge on any atom is -0.508 e. The zero-order valence-electron chi connectivity index (χ0n) is 51.5. The van der Waals surface area contributed by atoms with E-state index in [1.165, 1.54) is 24.3 Å². The molecule has 3 rings (SSSR count). The number of carboxylic acids is 2. The fourth-order valence-corrected chi connectivity index (χ4v) is 9.81. The first-order chi connectivity index (χ1) is 41.3. The summed E-state index contributed by atoms with van der Waals surface area (Å²) in [4.78, 5) is 159. The molecule has 0 aliphatic carbocycles. The van der Waals surface area contributed by atoms with Gasteiger partial charge in [0.1, 0.15) is 47.3 Å². The molecule has 0 heterocycles.